The van der Waals surface area contributed by atoms with Crippen molar-refractivity contribution in [3.8, 4) is 11.5 Å². The molecule has 0 atom stereocenters. The Morgan fingerprint density at radius 1 is 1.13 bits per heavy atom. The van der Waals surface area contributed by atoms with Gasteiger partial charge < -0.3 is 18.8 Å². The van der Waals surface area contributed by atoms with Gasteiger partial charge in [-0.2, -0.15) is 4.99 Å². The first-order chi connectivity index (χ1) is 14.5. The van der Waals surface area contributed by atoms with Gasteiger partial charge in [-0.05, 0) is 24.3 Å². The molecule has 30 heavy (non-hydrogen) atoms. The van der Waals surface area contributed by atoms with Crippen LogP contribution < -0.4 is 14.3 Å². The SMILES string of the molecule is C=CCn1c(=NC(=O)Cc2ccc(OC)cc2OC)sc2cc(C(=O)OC)ccc21. The Balaban J connectivity index is 2.00. The largest absolute Gasteiger partial charge is 0.497 e. The number of amides is 1. The number of fused-ring (bicyclic) bond motifs is 1. The average molecular weight is 426 g/mol. The van der Waals surface area contributed by atoms with Crippen LogP contribution in [-0.4, -0.2) is 37.8 Å². The number of hydrogen-bond acceptors (Lipinski definition) is 6. The fourth-order valence-corrected chi connectivity index (χ4v) is 4.11. The van der Waals surface area contributed by atoms with Crippen LogP contribution in [0.15, 0.2) is 54.0 Å². The van der Waals surface area contributed by atoms with E-state index < -0.39 is 5.97 Å². The number of methoxy groups -OCH3 is 3. The van der Waals surface area contributed by atoms with Crippen LogP contribution in [0.25, 0.3) is 10.2 Å². The molecule has 0 aliphatic rings. The Labute approximate surface area is 177 Å². The number of carbonyl (C=O) groups excluding carboxylic acids is 2. The molecule has 0 saturated heterocycles. The van der Waals surface area contributed by atoms with Crippen LogP contribution in [0.4, 0.5) is 0 Å². The van der Waals surface area contributed by atoms with Crippen LogP contribution in [0, 0.1) is 0 Å². The van der Waals surface area contributed by atoms with Crippen LogP contribution in [0.5, 0.6) is 11.5 Å². The smallest absolute Gasteiger partial charge is 0.337 e. The molecule has 0 spiro atoms. The van der Waals surface area contributed by atoms with E-state index in [2.05, 4.69) is 11.6 Å². The molecule has 3 rings (SSSR count). The van der Waals surface area contributed by atoms with Gasteiger partial charge in [0, 0.05) is 18.2 Å². The second-order valence-corrected chi connectivity index (χ2v) is 7.33. The maximum atomic E-state index is 12.7. The second kappa shape index (κ2) is 9.41. The molecule has 0 radical (unpaired) electrons. The fourth-order valence-electron chi connectivity index (χ4n) is 3.02. The van der Waals surface area contributed by atoms with Crippen molar-refractivity contribution in [1.29, 1.82) is 0 Å². The number of hydrogen-bond donors (Lipinski definition) is 0. The number of aromatic nitrogens is 1. The molecule has 1 aromatic heterocycles. The standard InChI is InChI=1S/C22H22N2O5S/c1-5-10-24-17-9-7-15(21(26)29-4)11-19(17)30-22(24)23-20(25)12-14-6-8-16(27-2)13-18(14)28-3/h5-9,11,13H,1,10,12H2,2-4H3. The van der Waals surface area contributed by atoms with E-state index in [9.17, 15) is 9.59 Å². The van der Waals surface area contributed by atoms with Crippen molar-refractivity contribution < 1.29 is 23.8 Å². The Hall–Kier alpha value is -3.39. The van der Waals surface area contributed by atoms with E-state index in [0.717, 1.165) is 15.8 Å². The quantitative estimate of drug-likeness (QED) is 0.428. The van der Waals surface area contributed by atoms with Gasteiger partial charge in [-0.1, -0.05) is 23.5 Å². The van der Waals surface area contributed by atoms with Gasteiger partial charge in [-0.25, -0.2) is 4.79 Å². The number of nitrogens with zero attached hydrogens (tertiary/aromatic N) is 2. The molecule has 0 saturated carbocycles. The van der Waals surface area contributed by atoms with Gasteiger partial charge in [0.05, 0.1) is 43.5 Å². The maximum absolute atomic E-state index is 12.7. The highest BCUT2D eigenvalue weighted by Gasteiger charge is 2.13. The first kappa shape index (κ1) is 21.3. The summed E-state index contributed by atoms with van der Waals surface area (Å²) in [5, 5.41) is 0. The normalized spacial score (nSPS) is 11.4. The van der Waals surface area contributed by atoms with E-state index in [-0.39, 0.29) is 12.3 Å². The van der Waals surface area contributed by atoms with Crippen LogP contribution in [-0.2, 0) is 22.5 Å². The monoisotopic (exact) mass is 426 g/mol. The molecule has 0 bridgehead atoms. The molecule has 0 aliphatic carbocycles. The van der Waals surface area contributed by atoms with Crippen molar-refractivity contribution in [3.05, 3.63) is 65.0 Å². The van der Waals surface area contributed by atoms with Gasteiger partial charge in [-0.3, -0.25) is 4.79 Å². The van der Waals surface area contributed by atoms with Crippen molar-refractivity contribution in [1.82, 2.24) is 4.57 Å². The first-order valence-electron chi connectivity index (χ1n) is 9.11. The minimum Gasteiger partial charge on any atom is -0.497 e. The zero-order valence-electron chi connectivity index (χ0n) is 17.0. The minimum absolute atomic E-state index is 0.0862. The topological polar surface area (TPSA) is 79.1 Å². The molecule has 2 aromatic carbocycles. The molecule has 3 aromatic rings. The number of carbonyl (C=O) groups is 2. The Morgan fingerprint density at radius 2 is 1.93 bits per heavy atom. The van der Waals surface area contributed by atoms with Gasteiger partial charge in [0.25, 0.3) is 5.91 Å². The Kier molecular flexibility index (Phi) is 6.68. The number of esters is 1. The molecule has 0 fully saturated rings. The Morgan fingerprint density at radius 3 is 2.60 bits per heavy atom. The number of allylic oxidation sites excluding steroid dienone is 1. The molecule has 0 N–H and O–H groups in total. The predicted molar refractivity (Wildman–Crippen MR) is 115 cm³/mol. The molecule has 156 valence electrons. The molecule has 7 nitrogen and oxygen atoms in total. The second-order valence-electron chi connectivity index (χ2n) is 6.32. The van der Waals surface area contributed by atoms with Crippen LogP contribution in [0.3, 0.4) is 0 Å². The summed E-state index contributed by atoms with van der Waals surface area (Å²) >= 11 is 1.33. The van der Waals surface area contributed by atoms with Gasteiger partial charge in [0.2, 0.25) is 0 Å². The van der Waals surface area contributed by atoms with Gasteiger partial charge in [0.1, 0.15) is 11.5 Å². The summed E-state index contributed by atoms with van der Waals surface area (Å²) in [6.07, 6.45) is 1.82. The highest BCUT2D eigenvalue weighted by atomic mass is 32.1. The fraction of sp³-hybridized carbons (Fsp3) is 0.227. The summed E-state index contributed by atoms with van der Waals surface area (Å²) in [5.74, 6) is 0.489. The molecule has 1 heterocycles. The summed E-state index contributed by atoms with van der Waals surface area (Å²) in [5.41, 5.74) is 2.02. The van der Waals surface area contributed by atoms with Crippen molar-refractivity contribution >= 4 is 33.4 Å². The molecular weight excluding hydrogens is 404 g/mol. The van der Waals surface area contributed by atoms with Crippen LogP contribution in [0.1, 0.15) is 15.9 Å². The molecule has 0 unspecified atom stereocenters. The molecule has 1 amide bonds. The van der Waals surface area contributed by atoms with Crippen LogP contribution in [0.2, 0.25) is 0 Å². The minimum atomic E-state index is -0.415. The van der Waals surface area contributed by atoms with E-state index >= 15 is 0 Å². The number of thiazole rings is 1. The van der Waals surface area contributed by atoms with Crippen molar-refractivity contribution in [2.45, 2.75) is 13.0 Å². The van der Waals surface area contributed by atoms with E-state index in [0.29, 0.717) is 28.4 Å². The maximum Gasteiger partial charge on any atom is 0.337 e. The van der Waals surface area contributed by atoms with Crippen molar-refractivity contribution in [2.24, 2.45) is 4.99 Å². The summed E-state index contributed by atoms with van der Waals surface area (Å²) in [6, 6.07) is 10.5. The number of rotatable bonds is 7. The van der Waals surface area contributed by atoms with E-state index in [1.165, 1.54) is 18.4 Å². The van der Waals surface area contributed by atoms with Crippen molar-refractivity contribution in [3.63, 3.8) is 0 Å². The number of ether oxygens (including phenoxy) is 3. The third-order valence-electron chi connectivity index (χ3n) is 4.47. The van der Waals surface area contributed by atoms with E-state index in [1.807, 2.05) is 10.6 Å². The lowest BCUT2D eigenvalue weighted by atomic mass is 10.1. The zero-order valence-corrected chi connectivity index (χ0v) is 17.8. The third kappa shape index (κ3) is 4.44. The van der Waals surface area contributed by atoms with Crippen molar-refractivity contribution in [2.75, 3.05) is 21.3 Å². The lowest BCUT2D eigenvalue weighted by Crippen LogP contribution is -2.17. The van der Waals surface area contributed by atoms with Gasteiger partial charge in [0.15, 0.2) is 4.80 Å². The average Bonchev–Trinajstić information content (AvgIpc) is 3.09. The predicted octanol–water partition coefficient (Wildman–Crippen LogP) is 3.36. The highest BCUT2D eigenvalue weighted by molar-refractivity contribution is 7.16. The van der Waals surface area contributed by atoms with Gasteiger partial charge >= 0.3 is 5.97 Å². The summed E-state index contributed by atoms with van der Waals surface area (Å²) in [4.78, 5) is 29.4. The zero-order chi connectivity index (χ0) is 21.7. The molecule has 8 heteroatoms. The summed E-state index contributed by atoms with van der Waals surface area (Å²) in [6.45, 7) is 4.26. The first-order valence-corrected chi connectivity index (χ1v) is 9.93. The Bertz CT molecular complexity index is 1180. The molecule has 0 aliphatic heterocycles. The van der Waals surface area contributed by atoms with Gasteiger partial charge in [-0.15, -0.1) is 6.58 Å². The summed E-state index contributed by atoms with van der Waals surface area (Å²) < 4.78 is 18.0. The number of benzene rings is 2. The lowest BCUT2D eigenvalue weighted by molar-refractivity contribution is -0.117. The summed E-state index contributed by atoms with van der Waals surface area (Å²) in [7, 11) is 4.45. The molecular formula is C22H22N2O5S. The van der Waals surface area contributed by atoms with E-state index in [1.54, 1.807) is 50.6 Å². The highest BCUT2D eigenvalue weighted by Crippen LogP contribution is 2.25. The van der Waals surface area contributed by atoms with E-state index in [4.69, 9.17) is 14.2 Å². The lowest BCUT2D eigenvalue weighted by Gasteiger charge is -2.08. The third-order valence-corrected chi connectivity index (χ3v) is 5.51. The van der Waals surface area contributed by atoms with Crippen LogP contribution >= 0.6 is 11.3 Å².